The molecule has 1 amide bonds. The molecule has 3 N–H and O–H groups in total. The van der Waals surface area contributed by atoms with Crippen molar-refractivity contribution < 1.29 is 9.90 Å². The minimum absolute atomic E-state index is 0.0225. The standard InChI is InChI=1S/C15H13BrN2O2S/c16-11-3-1-2-9(15(11)20)7-17-10-4-5-13-12(6-10)18-14(19)8-21-13/h1-6,17,20H,7-8H2,(H,18,19). The summed E-state index contributed by atoms with van der Waals surface area (Å²) >= 11 is 4.84. The van der Waals surface area contributed by atoms with E-state index in [2.05, 4.69) is 26.6 Å². The van der Waals surface area contributed by atoms with Gasteiger partial charge in [0.1, 0.15) is 5.75 Å². The van der Waals surface area contributed by atoms with Gasteiger partial charge in [-0.2, -0.15) is 0 Å². The van der Waals surface area contributed by atoms with Gasteiger partial charge in [-0.25, -0.2) is 0 Å². The number of fused-ring (bicyclic) bond motifs is 1. The van der Waals surface area contributed by atoms with Crippen LogP contribution in [0.3, 0.4) is 0 Å². The molecule has 2 aromatic carbocycles. The lowest BCUT2D eigenvalue weighted by molar-refractivity contribution is -0.113. The van der Waals surface area contributed by atoms with Crippen LogP contribution in [0.1, 0.15) is 5.56 Å². The Hall–Kier alpha value is -1.66. The maximum atomic E-state index is 11.4. The minimum atomic E-state index is 0.0225. The maximum Gasteiger partial charge on any atom is 0.234 e. The monoisotopic (exact) mass is 364 g/mol. The molecule has 6 heteroatoms. The Morgan fingerprint density at radius 1 is 1.33 bits per heavy atom. The van der Waals surface area contributed by atoms with Crippen molar-refractivity contribution in [1.29, 1.82) is 0 Å². The number of benzene rings is 2. The predicted octanol–water partition coefficient (Wildman–Crippen LogP) is 3.81. The average Bonchev–Trinajstić information content (AvgIpc) is 2.48. The number of amides is 1. The van der Waals surface area contributed by atoms with Crippen molar-refractivity contribution >= 4 is 45.0 Å². The number of rotatable bonds is 3. The quantitative estimate of drug-likeness (QED) is 0.774. The minimum Gasteiger partial charge on any atom is -0.506 e. The van der Waals surface area contributed by atoms with Crippen molar-refractivity contribution in [1.82, 2.24) is 0 Å². The van der Waals surface area contributed by atoms with E-state index in [1.807, 2.05) is 30.3 Å². The third kappa shape index (κ3) is 3.16. The summed E-state index contributed by atoms with van der Waals surface area (Å²) in [5.41, 5.74) is 2.54. The molecule has 0 atom stereocenters. The van der Waals surface area contributed by atoms with Gasteiger partial charge in [0, 0.05) is 22.7 Å². The molecule has 4 nitrogen and oxygen atoms in total. The van der Waals surface area contributed by atoms with Gasteiger partial charge in [0.25, 0.3) is 0 Å². The fourth-order valence-electron chi connectivity index (χ4n) is 2.09. The van der Waals surface area contributed by atoms with Crippen LogP contribution in [0.2, 0.25) is 0 Å². The van der Waals surface area contributed by atoms with Crippen LogP contribution in [-0.4, -0.2) is 16.8 Å². The molecule has 0 aliphatic carbocycles. The third-order valence-corrected chi connectivity index (χ3v) is 4.88. The summed E-state index contributed by atoms with van der Waals surface area (Å²) in [6.45, 7) is 0.505. The van der Waals surface area contributed by atoms with E-state index >= 15 is 0 Å². The summed E-state index contributed by atoms with van der Waals surface area (Å²) in [7, 11) is 0. The number of phenols is 1. The Morgan fingerprint density at radius 2 is 2.19 bits per heavy atom. The second kappa shape index (κ2) is 5.99. The number of hydrogen-bond acceptors (Lipinski definition) is 4. The van der Waals surface area contributed by atoms with Crippen LogP contribution < -0.4 is 10.6 Å². The number of para-hydroxylation sites is 1. The van der Waals surface area contributed by atoms with Gasteiger partial charge in [-0.3, -0.25) is 4.79 Å². The molecule has 0 aromatic heterocycles. The number of aromatic hydroxyl groups is 1. The summed E-state index contributed by atoms with van der Waals surface area (Å²) in [6.07, 6.45) is 0. The van der Waals surface area contributed by atoms with E-state index in [-0.39, 0.29) is 11.7 Å². The average molecular weight is 365 g/mol. The van der Waals surface area contributed by atoms with Crippen LogP contribution in [0.25, 0.3) is 0 Å². The zero-order valence-corrected chi connectivity index (χ0v) is 13.4. The molecule has 0 saturated carbocycles. The zero-order valence-electron chi connectivity index (χ0n) is 11.0. The molecule has 108 valence electrons. The first kappa shape index (κ1) is 14.3. The highest BCUT2D eigenvalue weighted by Crippen LogP contribution is 2.34. The lowest BCUT2D eigenvalue weighted by atomic mass is 10.2. The van der Waals surface area contributed by atoms with E-state index in [0.717, 1.165) is 21.8 Å². The third-order valence-electron chi connectivity index (χ3n) is 3.17. The number of carbonyl (C=O) groups excluding carboxylic acids is 1. The highest BCUT2D eigenvalue weighted by molar-refractivity contribution is 9.10. The number of hydrogen-bond donors (Lipinski definition) is 3. The fraction of sp³-hybridized carbons (Fsp3) is 0.133. The van der Waals surface area contributed by atoms with E-state index in [1.165, 1.54) is 11.8 Å². The van der Waals surface area contributed by atoms with E-state index in [9.17, 15) is 9.90 Å². The van der Waals surface area contributed by atoms with Gasteiger partial charge < -0.3 is 15.7 Å². The number of carbonyl (C=O) groups is 1. The molecule has 0 radical (unpaired) electrons. The first-order chi connectivity index (χ1) is 10.1. The molecule has 0 bridgehead atoms. The van der Waals surface area contributed by atoms with Gasteiger partial charge in [0.05, 0.1) is 15.9 Å². The lowest BCUT2D eigenvalue weighted by Crippen LogP contribution is -2.18. The Bertz CT molecular complexity index is 706. The normalized spacial score (nSPS) is 13.5. The van der Waals surface area contributed by atoms with Crippen molar-refractivity contribution in [3.05, 3.63) is 46.4 Å². The fourth-order valence-corrected chi connectivity index (χ4v) is 3.29. The van der Waals surface area contributed by atoms with Crippen LogP contribution in [0.15, 0.2) is 45.8 Å². The molecule has 0 spiro atoms. The van der Waals surface area contributed by atoms with Crippen molar-refractivity contribution in [2.24, 2.45) is 0 Å². The first-order valence-electron chi connectivity index (χ1n) is 6.40. The van der Waals surface area contributed by atoms with E-state index < -0.39 is 0 Å². The first-order valence-corrected chi connectivity index (χ1v) is 8.18. The molecule has 1 aliphatic heterocycles. The Kier molecular flexibility index (Phi) is 4.07. The van der Waals surface area contributed by atoms with Gasteiger partial charge in [-0.15, -0.1) is 11.8 Å². The molecule has 0 fully saturated rings. The summed E-state index contributed by atoms with van der Waals surface area (Å²) < 4.78 is 0.677. The van der Waals surface area contributed by atoms with E-state index in [1.54, 1.807) is 6.07 Å². The molecule has 1 aliphatic rings. The summed E-state index contributed by atoms with van der Waals surface area (Å²) in [5.74, 6) is 0.729. The van der Waals surface area contributed by atoms with Crippen LogP contribution >= 0.6 is 27.7 Å². The van der Waals surface area contributed by atoms with Gasteiger partial charge in [-0.1, -0.05) is 12.1 Å². The van der Waals surface area contributed by atoms with Crippen LogP contribution in [-0.2, 0) is 11.3 Å². The Balaban J connectivity index is 1.75. The van der Waals surface area contributed by atoms with E-state index in [0.29, 0.717) is 16.8 Å². The van der Waals surface area contributed by atoms with Gasteiger partial charge in [-0.05, 0) is 40.2 Å². The van der Waals surface area contributed by atoms with Crippen molar-refractivity contribution in [3.63, 3.8) is 0 Å². The van der Waals surface area contributed by atoms with Gasteiger partial charge in [0.15, 0.2) is 0 Å². The molecular formula is C15H13BrN2O2S. The highest BCUT2D eigenvalue weighted by Gasteiger charge is 2.15. The largest absolute Gasteiger partial charge is 0.506 e. The van der Waals surface area contributed by atoms with Crippen molar-refractivity contribution in [2.75, 3.05) is 16.4 Å². The topological polar surface area (TPSA) is 61.4 Å². The maximum absolute atomic E-state index is 11.4. The van der Waals surface area contributed by atoms with Crippen molar-refractivity contribution in [3.8, 4) is 5.75 Å². The molecule has 3 rings (SSSR count). The summed E-state index contributed by atoms with van der Waals surface area (Å²) in [4.78, 5) is 12.5. The number of thioether (sulfide) groups is 1. The van der Waals surface area contributed by atoms with Crippen molar-refractivity contribution in [2.45, 2.75) is 11.4 Å². The summed E-state index contributed by atoms with van der Waals surface area (Å²) in [6, 6.07) is 11.4. The predicted molar refractivity (Wildman–Crippen MR) is 88.9 cm³/mol. The Morgan fingerprint density at radius 3 is 3.05 bits per heavy atom. The molecule has 0 saturated heterocycles. The molecule has 2 aromatic rings. The number of phenolic OH excluding ortho intramolecular Hbond substituents is 1. The molecule has 0 unspecified atom stereocenters. The van der Waals surface area contributed by atoms with Gasteiger partial charge >= 0.3 is 0 Å². The number of anilines is 2. The smallest absolute Gasteiger partial charge is 0.234 e. The second-order valence-corrected chi connectivity index (χ2v) is 6.52. The van der Waals surface area contributed by atoms with Crippen LogP contribution in [0.4, 0.5) is 11.4 Å². The molecule has 1 heterocycles. The number of nitrogens with one attached hydrogen (secondary N) is 2. The van der Waals surface area contributed by atoms with Crippen LogP contribution in [0.5, 0.6) is 5.75 Å². The SMILES string of the molecule is O=C1CSc2ccc(NCc3cccc(Br)c3O)cc2N1. The Labute approximate surface area is 135 Å². The highest BCUT2D eigenvalue weighted by atomic mass is 79.9. The number of halogens is 1. The zero-order chi connectivity index (χ0) is 14.8. The molecule has 21 heavy (non-hydrogen) atoms. The summed E-state index contributed by atoms with van der Waals surface area (Å²) in [5, 5.41) is 16.1. The van der Waals surface area contributed by atoms with E-state index in [4.69, 9.17) is 0 Å². The van der Waals surface area contributed by atoms with Gasteiger partial charge in [0.2, 0.25) is 5.91 Å². The lowest BCUT2D eigenvalue weighted by Gasteiger charge is -2.17. The second-order valence-electron chi connectivity index (χ2n) is 4.65. The molecular weight excluding hydrogens is 352 g/mol. The van der Waals surface area contributed by atoms with Crippen LogP contribution in [0, 0.1) is 0 Å².